The Hall–Kier alpha value is -1.59. The number of anilines is 1. The number of nitrogens with zero attached hydrogens (tertiary/aromatic N) is 1. The second-order valence-corrected chi connectivity index (χ2v) is 6.06. The minimum Gasteiger partial charge on any atom is -1.00 e. The molecule has 0 aromatic heterocycles. The van der Waals surface area contributed by atoms with E-state index in [2.05, 4.69) is 10.2 Å². The largest absolute Gasteiger partial charge is 1.00 e. The lowest BCUT2D eigenvalue weighted by Crippen LogP contribution is -3.00. The lowest BCUT2D eigenvalue weighted by atomic mass is 9.98. The van der Waals surface area contributed by atoms with Gasteiger partial charge in [-0.25, -0.2) is 0 Å². The van der Waals surface area contributed by atoms with Crippen LogP contribution in [-0.2, 0) is 14.3 Å². The van der Waals surface area contributed by atoms with E-state index in [1.165, 1.54) is 0 Å². The molecule has 1 saturated heterocycles. The number of amides is 1. The molecule has 0 saturated carbocycles. The zero-order valence-corrected chi connectivity index (χ0v) is 15.1. The smallest absolute Gasteiger partial charge is 0.310 e. The van der Waals surface area contributed by atoms with Crippen LogP contribution in [0.25, 0.3) is 0 Å². The van der Waals surface area contributed by atoms with Crippen molar-refractivity contribution in [3.05, 3.63) is 29.8 Å². The van der Waals surface area contributed by atoms with Gasteiger partial charge < -0.3 is 27.4 Å². The molecule has 2 rings (SSSR count). The van der Waals surface area contributed by atoms with Crippen molar-refractivity contribution in [1.82, 2.24) is 4.90 Å². The molecule has 1 fully saturated rings. The second-order valence-electron chi connectivity index (χ2n) is 6.06. The Morgan fingerprint density at radius 2 is 2.17 bits per heavy atom. The van der Waals surface area contributed by atoms with Crippen LogP contribution in [0, 0.1) is 12.8 Å². The van der Waals surface area contributed by atoms with Gasteiger partial charge >= 0.3 is 5.97 Å². The first kappa shape index (κ1) is 20.5. The molecule has 0 spiro atoms. The number of carbonyl (C=O) groups excluding carboxylic acids is 2. The van der Waals surface area contributed by atoms with Gasteiger partial charge in [-0.1, -0.05) is 12.1 Å². The molecular weight excluding hydrogens is 328 g/mol. The number of ether oxygens (including phenoxy) is 1. The standard InChI is InChI=1S/C18H26N2O3.ClH/c1-3-23-18(22)15-7-5-10-20(13-15)11-9-17(21)19-16-8-4-6-14(2)12-16;/h4,6,8,12,15H,3,5,7,9-11,13H2,1-2H3,(H,19,21);1H/p-1. The van der Waals surface area contributed by atoms with Crippen LogP contribution in [0.5, 0.6) is 0 Å². The molecule has 134 valence electrons. The van der Waals surface area contributed by atoms with Crippen molar-refractivity contribution in [2.75, 3.05) is 31.6 Å². The molecule has 1 aromatic rings. The summed E-state index contributed by atoms with van der Waals surface area (Å²) in [5, 5.41) is 2.92. The van der Waals surface area contributed by atoms with Crippen molar-refractivity contribution in [2.24, 2.45) is 5.92 Å². The number of hydrogen-bond acceptors (Lipinski definition) is 4. The molecule has 1 atom stereocenters. The van der Waals surface area contributed by atoms with E-state index in [0.717, 1.165) is 30.6 Å². The average molecular weight is 354 g/mol. The Balaban J connectivity index is 0.00000288. The molecule has 1 unspecified atom stereocenters. The van der Waals surface area contributed by atoms with Crippen LogP contribution >= 0.6 is 0 Å². The van der Waals surface area contributed by atoms with Gasteiger partial charge in [0.15, 0.2) is 0 Å². The summed E-state index contributed by atoms with van der Waals surface area (Å²) < 4.78 is 5.10. The van der Waals surface area contributed by atoms with Gasteiger partial charge in [-0.05, 0) is 50.9 Å². The fourth-order valence-electron chi connectivity index (χ4n) is 2.92. The van der Waals surface area contributed by atoms with Crippen molar-refractivity contribution in [3.8, 4) is 0 Å². The molecule has 24 heavy (non-hydrogen) atoms. The maximum atomic E-state index is 12.1. The number of benzene rings is 1. The van der Waals surface area contributed by atoms with Crippen LogP contribution in [0.1, 0.15) is 31.7 Å². The first-order valence-corrected chi connectivity index (χ1v) is 8.34. The predicted molar refractivity (Wildman–Crippen MR) is 90.2 cm³/mol. The molecule has 0 aliphatic carbocycles. The van der Waals surface area contributed by atoms with Crippen molar-refractivity contribution < 1.29 is 26.7 Å². The Labute approximate surface area is 150 Å². The van der Waals surface area contributed by atoms with Crippen LogP contribution in [0.2, 0.25) is 0 Å². The van der Waals surface area contributed by atoms with Crippen molar-refractivity contribution in [3.63, 3.8) is 0 Å². The maximum absolute atomic E-state index is 12.1. The van der Waals surface area contributed by atoms with E-state index in [9.17, 15) is 9.59 Å². The van der Waals surface area contributed by atoms with Crippen LogP contribution in [0.3, 0.4) is 0 Å². The SMILES string of the molecule is CCOC(=O)C1CCCN(CCC(=O)Nc2cccc(C)c2)C1.[Cl-]. The highest BCUT2D eigenvalue weighted by Crippen LogP contribution is 2.18. The van der Waals surface area contributed by atoms with Crippen molar-refractivity contribution in [2.45, 2.75) is 33.1 Å². The van der Waals surface area contributed by atoms with E-state index in [-0.39, 0.29) is 30.2 Å². The quantitative estimate of drug-likeness (QED) is 0.707. The summed E-state index contributed by atoms with van der Waals surface area (Å²) in [6, 6.07) is 7.77. The van der Waals surface area contributed by atoms with Crippen molar-refractivity contribution in [1.29, 1.82) is 0 Å². The first-order chi connectivity index (χ1) is 11.1. The molecule has 1 amide bonds. The van der Waals surface area contributed by atoms with Crippen LogP contribution in [-0.4, -0.2) is 43.0 Å². The average Bonchev–Trinajstić information content (AvgIpc) is 2.53. The van der Waals surface area contributed by atoms with Gasteiger partial charge in [0.2, 0.25) is 5.91 Å². The zero-order chi connectivity index (χ0) is 16.7. The van der Waals surface area contributed by atoms with E-state index in [1.54, 1.807) is 0 Å². The van der Waals surface area contributed by atoms with E-state index in [0.29, 0.717) is 26.1 Å². The number of nitrogens with one attached hydrogen (secondary N) is 1. The molecule has 0 radical (unpaired) electrons. The highest BCUT2D eigenvalue weighted by atomic mass is 35.5. The fourth-order valence-corrected chi connectivity index (χ4v) is 2.92. The number of aryl methyl sites for hydroxylation is 1. The third-order valence-corrected chi connectivity index (χ3v) is 4.08. The molecule has 1 N–H and O–H groups in total. The minimum absolute atomic E-state index is 0. The normalized spacial score (nSPS) is 17.7. The Kier molecular flexibility index (Phi) is 8.79. The van der Waals surface area contributed by atoms with Gasteiger partial charge in [0.1, 0.15) is 0 Å². The minimum atomic E-state index is -0.110. The number of rotatable bonds is 6. The Bertz CT molecular complexity index is 551. The predicted octanol–water partition coefficient (Wildman–Crippen LogP) is -0.397. The third-order valence-electron chi connectivity index (χ3n) is 4.08. The highest BCUT2D eigenvalue weighted by molar-refractivity contribution is 5.90. The lowest BCUT2D eigenvalue weighted by molar-refractivity contribution is -0.149. The summed E-state index contributed by atoms with van der Waals surface area (Å²) in [5.41, 5.74) is 1.95. The number of halogens is 1. The summed E-state index contributed by atoms with van der Waals surface area (Å²) in [6.07, 6.45) is 2.29. The number of piperidine rings is 1. The number of likely N-dealkylation sites (tertiary alicyclic amines) is 1. The van der Waals surface area contributed by atoms with Crippen LogP contribution in [0.4, 0.5) is 5.69 Å². The highest BCUT2D eigenvalue weighted by Gasteiger charge is 2.26. The van der Waals surface area contributed by atoms with Gasteiger partial charge in [-0.3, -0.25) is 9.59 Å². The zero-order valence-electron chi connectivity index (χ0n) is 14.4. The molecule has 0 bridgehead atoms. The van der Waals surface area contributed by atoms with E-state index >= 15 is 0 Å². The maximum Gasteiger partial charge on any atom is 0.310 e. The molecule has 1 aliphatic rings. The lowest BCUT2D eigenvalue weighted by Gasteiger charge is -2.31. The van der Waals surface area contributed by atoms with E-state index in [4.69, 9.17) is 4.74 Å². The molecular formula is C18H26ClN2O3-. The van der Waals surface area contributed by atoms with E-state index < -0.39 is 0 Å². The van der Waals surface area contributed by atoms with Crippen molar-refractivity contribution >= 4 is 17.6 Å². The topological polar surface area (TPSA) is 58.6 Å². The van der Waals surface area contributed by atoms with Gasteiger partial charge in [0.25, 0.3) is 0 Å². The van der Waals surface area contributed by atoms with Gasteiger partial charge in [0.05, 0.1) is 12.5 Å². The van der Waals surface area contributed by atoms with Gasteiger partial charge in [0, 0.05) is 25.2 Å². The van der Waals surface area contributed by atoms with Gasteiger partial charge in [-0.15, -0.1) is 0 Å². The molecule has 6 heteroatoms. The molecule has 1 heterocycles. The third kappa shape index (κ3) is 6.49. The summed E-state index contributed by atoms with van der Waals surface area (Å²) in [4.78, 5) is 26.1. The number of carbonyl (C=O) groups is 2. The van der Waals surface area contributed by atoms with E-state index in [1.807, 2.05) is 38.1 Å². The number of hydrogen-bond donors (Lipinski definition) is 1. The summed E-state index contributed by atoms with van der Waals surface area (Å²) in [5.74, 6) is -0.154. The van der Waals surface area contributed by atoms with Crippen LogP contribution in [0.15, 0.2) is 24.3 Å². The first-order valence-electron chi connectivity index (χ1n) is 8.34. The second kappa shape index (κ2) is 10.3. The number of esters is 1. The molecule has 5 nitrogen and oxygen atoms in total. The van der Waals surface area contributed by atoms with Crippen LogP contribution < -0.4 is 17.7 Å². The summed E-state index contributed by atoms with van der Waals surface area (Å²) >= 11 is 0. The summed E-state index contributed by atoms with van der Waals surface area (Å²) in [6.45, 7) is 6.55. The monoisotopic (exact) mass is 353 g/mol. The Morgan fingerprint density at radius 3 is 2.88 bits per heavy atom. The molecule has 1 aromatic carbocycles. The molecule has 1 aliphatic heterocycles. The summed E-state index contributed by atoms with van der Waals surface area (Å²) in [7, 11) is 0. The Morgan fingerprint density at radius 1 is 1.38 bits per heavy atom. The van der Waals surface area contributed by atoms with Gasteiger partial charge in [-0.2, -0.15) is 0 Å². The fraction of sp³-hybridized carbons (Fsp3) is 0.556.